The molecule has 22 heavy (non-hydrogen) atoms. The van der Waals surface area contributed by atoms with Crippen molar-refractivity contribution in [3.63, 3.8) is 0 Å². The first kappa shape index (κ1) is 13.4. The maximum Gasteiger partial charge on any atom is 0.250 e. The maximum absolute atomic E-state index is 12.0. The van der Waals surface area contributed by atoms with Crippen LogP contribution in [0.1, 0.15) is 18.0 Å². The Labute approximate surface area is 130 Å². The van der Waals surface area contributed by atoms with Crippen LogP contribution in [0, 0.1) is 5.92 Å². The molecule has 1 amide bonds. The van der Waals surface area contributed by atoms with Crippen molar-refractivity contribution in [2.45, 2.75) is 18.9 Å². The molecule has 1 fully saturated rings. The lowest BCUT2D eigenvalue weighted by molar-refractivity contribution is -0.105. The van der Waals surface area contributed by atoms with Gasteiger partial charge in [-0.3, -0.25) is 9.59 Å². The van der Waals surface area contributed by atoms with Crippen LogP contribution in [-0.4, -0.2) is 34.3 Å². The van der Waals surface area contributed by atoms with E-state index >= 15 is 0 Å². The third-order valence-corrected chi connectivity index (χ3v) is 5.26. The summed E-state index contributed by atoms with van der Waals surface area (Å²) in [6.45, 7) is 2.46. The van der Waals surface area contributed by atoms with Gasteiger partial charge in [-0.15, -0.1) is 10.2 Å². The number of nitrogens with one attached hydrogen (secondary N) is 1. The Kier molecular flexibility index (Phi) is 3.18. The molecule has 7 nitrogen and oxygen atoms in total. The van der Waals surface area contributed by atoms with Crippen LogP contribution in [-0.2, 0) is 11.3 Å². The van der Waals surface area contributed by atoms with Gasteiger partial charge < -0.3 is 14.8 Å². The molecule has 2 aliphatic heterocycles. The van der Waals surface area contributed by atoms with Crippen LogP contribution in [0.25, 0.3) is 0 Å². The molecule has 1 N–H and O–H groups in total. The zero-order valence-electron chi connectivity index (χ0n) is 11.8. The highest BCUT2D eigenvalue weighted by molar-refractivity contribution is 7.19. The van der Waals surface area contributed by atoms with E-state index in [1.54, 1.807) is 6.07 Å². The van der Waals surface area contributed by atoms with Crippen molar-refractivity contribution in [2.24, 2.45) is 5.92 Å². The fourth-order valence-corrected chi connectivity index (χ4v) is 4.23. The van der Waals surface area contributed by atoms with E-state index in [4.69, 9.17) is 0 Å². The van der Waals surface area contributed by atoms with Crippen LogP contribution in [0.15, 0.2) is 23.0 Å². The molecule has 2 unspecified atom stereocenters. The topological polar surface area (TPSA) is 80.1 Å². The summed E-state index contributed by atoms with van der Waals surface area (Å²) >= 11 is 1.38. The maximum atomic E-state index is 12.0. The standard InChI is InChI=1S/C14H15N5O2S/c20-8-15-13-16-17-14(22-13)18-5-9-4-10(7-18)11-2-1-3-12(21)19(11)6-9/h1-3,8-10H,4-7H2,(H,15,16,20). The van der Waals surface area contributed by atoms with Crippen LogP contribution in [0.2, 0.25) is 0 Å². The van der Waals surface area contributed by atoms with E-state index in [0.29, 0.717) is 23.4 Å². The smallest absolute Gasteiger partial charge is 0.250 e. The highest BCUT2D eigenvalue weighted by Gasteiger charge is 2.35. The first-order valence-electron chi connectivity index (χ1n) is 7.23. The molecule has 2 aromatic heterocycles. The van der Waals surface area contributed by atoms with Crippen molar-refractivity contribution in [1.29, 1.82) is 0 Å². The van der Waals surface area contributed by atoms with Gasteiger partial charge in [-0.1, -0.05) is 17.4 Å². The number of rotatable bonds is 3. The SMILES string of the molecule is O=CNc1nnc(N2CC3CC(C2)c2cccc(=O)n2C3)s1. The molecule has 2 aliphatic rings. The average molecular weight is 317 g/mol. The monoisotopic (exact) mass is 317 g/mol. The van der Waals surface area contributed by atoms with E-state index in [-0.39, 0.29) is 5.56 Å². The highest BCUT2D eigenvalue weighted by Crippen LogP contribution is 2.37. The van der Waals surface area contributed by atoms with Gasteiger partial charge in [-0.25, -0.2) is 0 Å². The number of fused-ring (bicyclic) bond motifs is 4. The minimum atomic E-state index is 0.0917. The Morgan fingerprint density at radius 3 is 3.05 bits per heavy atom. The van der Waals surface area contributed by atoms with Gasteiger partial charge in [0.05, 0.1) is 0 Å². The number of pyridine rings is 1. The number of amides is 1. The van der Waals surface area contributed by atoms with Crippen LogP contribution >= 0.6 is 11.3 Å². The third kappa shape index (κ3) is 2.19. The molecule has 114 valence electrons. The molecule has 0 radical (unpaired) electrons. The summed E-state index contributed by atoms with van der Waals surface area (Å²) in [5, 5.41) is 12.0. The second-order valence-electron chi connectivity index (χ2n) is 5.76. The van der Waals surface area contributed by atoms with Crippen molar-refractivity contribution < 1.29 is 4.79 Å². The number of carbonyl (C=O) groups is 1. The lowest BCUT2D eigenvalue weighted by Crippen LogP contribution is -2.47. The number of aromatic nitrogens is 3. The van der Waals surface area contributed by atoms with Gasteiger partial charge in [-0.2, -0.15) is 0 Å². The second-order valence-corrected chi connectivity index (χ2v) is 6.71. The van der Waals surface area contributed by atoms with Gasteiger partial charge in [0.15, 0.2) is 0 Å². The third-order valence-electron chi connectivity index (χ3n) is 4.35. The number of piperidine rings is 1. The Balaban J connectivity index is 1.62. The van der Waals surface area contributed by atoms with Crippen LogP contribution in [0.5, 0.6) is 0 Å². The van der Waals surface area contributed by atoms with Crippen LogP contribution in [0.4, 0.5) is 10.3 Å². The zero-order chi connectivity index (χ0) is 15.1. The summed E-state index contributed by atoms with van der Waals surface area (Å²) in [7, 11) is 0. The van der Waals surface area contributed by atoms with E-state index < -0.39 is 0 Å². The van der Waals surface area contributed by atoms with E-state index in [1.807, 2.05) is 16.7 Å². The van der Waals surface area contributed by atoms with Crippen LogP contribution < -0.4 is 15.8 Å². The first-order chi connectivity index (χ1) is 10.7. The molecule has 1 saturated heterocycles. The average Bonchev–Trinajstić information content (AvgIpc) is 2.97. The molecule has 8 heteroatoms. The minimum absolute atomic E-state index is 0.0917. The van der Waals surface area contributed by atoms with Crippen molar-refractivity contribution in [3.05, 3.63) is 34.2 Å². The van der Waals surface area contributed by atoms with Crippen molar-refractivity contribution >= 4 is 28.0 Å². The largest absolute Gasteiger partial charge is 0.346 e. The molecule has 0 aromatic carbocycles. The highest BCUT2D eigenvalue weighted by atomic mass is 32.1. The van der Waals surface area contributed by atoms with E-state index in [9.17, 15) is 9.59 Å². The van der Waals surface area contributed by atoms with Gasteiger partial charge in [0, 0.05) is 37.3 Å². The fraction of sp³-hybridized carbons (Fsp3) is 0.429. The second kappa shape index (κ2) is 5.20. The lowest BCUT2D eigenvalue weighted by Gasteiger charge is -2.42. The predicted molar refractivity (Wildman–Crippen MR) is 83.4 cm³/mol. The molecule has 2 aromatic rings. The minimum Gasteiger partial charge on any atom is -0.346 e. The number of anilines is 2. The molecule has 4 heterocycles. The van der Waals surface area contributed by atoms with Gasteiger partial charge in [0.25, 0.3) is 5.56 Å². The summed E-state index contributed by atoms with van der Waals surface area (Å²) in [6, 6.07) is 5.51. The van der Waals surface area contributed by atoms with Gasteiger partial charge >= 0.3 is 0 Å². The molecule has 2 bridgehead atoms. The Hall–Kier alpha value is -2.22. The molecule has 4 rings (SSSR count). The summed E-state index contributed by atoms with van der Waals surface area (Å²) in [5.74, 6) is 0.783. The molecule has 2 atom stereocenters. The van der Waals surface area contributed by atoms with E-state index in [1.165, 1.54) is 11.3 Å². The fourth-order valence-electron chi connectivity index (χ4n) is 3.50. The molecule has 0 saturated carbocycles. The number of carbonyl (C=O) groups excluding carboxylic acids is 1. The molecule has 0 aliphatic carbocycles. The van der Waals surface area contributed by atoms with E-state index in [2.05, 4.69) is 20.4 Å². The molecular weight excluding hydrogens is 302 g/mol. The summed E-state index contributed by atoms with van der Waals surface area (Å²) in [6.07, 6.45) is 1.72. The Morgan fingerprint density at radius 1 is 1.27 bits per heavy atom. The number of hydrogen-bond donors (Lipinski definition) is 1. The zero-order valence-corrected chi connectivity index (χ0v) is 12.6. The number of hydrogen-bond acceptors (Lipinski definition) is 6. The van der Waals surface area contributed by atoms with Gasteiger partial charge in [0.1, 0.15) is 0 Å². The van der Waals surface area contributed by atoms with E-state index in [0.717, 1.165) is 36.9 Å². The van der Waals surface area contributed by atoms with Crippen molar-refractivity contribution in [2.75, 3.05) is 23.3 Å². The van der Waals surface area contributed by atoms with Gasteiger partial charge in [0.2, 0.25) is 16.7 Å². The Morgan fingerprint density at radius 2 is 2.18 bits per heavy atom. The lowest BCUT2D eigenvalue weighted by atomic mass is 9.83. The summed E-state index contributed by atoms with van der Waals surface area (Å²) in [4.78, 5) is 24.7. The van der Waals surface area contributed by atoms with Crippen molar-refractivity contribution in [1.82, 2.24) is 14.8 Å². The van der Waals surface area contributed by atoms with Crippen LogP contribution in [0.3, 0.4) is 0 Å². The summed E-state index contributed by atoms with van der Waals surface area (Å²) < 4.78 is 1.91. The quantitative estimate of drug-likeness (QED) is 0.851. The number of nitrogens with zero attached hydrogens (tertiary/aromatic N) is 4. The Bertz CT molecular complexity index is 771. The first-order valence-corrected chi connectivity index (χ1v) is 8.04. The predicted octanol–water partition coefficient (Wildman–Crippen LogP) is 0.892. The van der Waals surface area contributed by atoms with Gasteiger partial charge in [-0.05, 0) is 18.4 Å². The molecular formula is C14H15N5O2S. The normalized spacial score (nSPS) is 23.0. The molecule has 0 spiro atoms. The summed E-state index contributed by atoms with van der Waals surface area (Å²) in [5.41, 5.74) is 1.21. The van der Waals surface area contributed by atoms with Crippen molar-refractivity contribution in [3.8, 4) is 0 Å².